The molecule has 1 heterocycles. The third-order valence-corrected chi connectivity index (χ3v) is 4.44. The van der Waals surface area contributed by atoms with E-state index in [9.17, 15) is 25.2 Å². The van der Waals surface area contributed by atoms with Crippen molar-refractivity contribution < 1.29 is 29.6 Å². The molecule has 134 valence electrons. The van der Waals surface area contributed by atoms with Crippen molar-refractivity contribution in [2.24, 2.45) is 0 Å². The van der Waals surface area contributed by atoms with Crippen molar-refractivity contribution in [2.75, 3.05) is 7.11 Å². The maximum Gasteiger partial charge on any atom is 0.191 e. The predicted octanol–water partition coefficient (Wildman–Crippen LogP) is 0.236. The molecule has 7 nitrogen and oxygen atoms in total. The molecule has 3 rings (SSSR count). The number of benzene rings is 1. The van der Waals surface area contributed by atoms with Gasteiger partial charge >= 0.3 is 0 Å². The monoisotopic (exact) mass is 348 g/mol. The number of aliphatic hydroxyl groups is 4. The average molecular weight is 348 g/mol. The summed E-state index contributed by atoms with van der Waals surface area (Å²) in [7, 11) is 1.59. The van der Waals surface area contributed by atoms with Gasteiger partial charge in [-0.2, -0.15) is 0 Å². The second kappa shape index (κ2) is 6.97. The van der Waals surface area contributed by atoms with E-state index in [1.54, 1.807) is 7.11 Å². The SMILES string of the molecule is COc1ccc(CCc2cc(=O)c3c(o2)[C@@H](O)[C@H](O)[C@H](O)[C@H]3O)cc1. The summed E-state index contributed by atoms with van der Waals surface area (Å²) in [5.41, 5.74) is 0.263. The summed E-state index contributed by atoms with van der Waals surface area (Å²) in [6, 6.07) is 8.69. The maximum atomic E-state index is 12.2. The minimum absolute atomic E-state index is 0.192. The fourth-order valence-electron chi connectivity index (χ4n) is 2.96. The van der Waals surface area contributed by atoms with Crippen molar-refractivity contribution in [3.63, 3.8) is 0 Å². The Balaban J connectivity index is 1.84. The fourth-order valence-corrected chi connectivity index (χ4v) is 2.96. The molecule has 1 aromatic carbocycles. The molecule has 0 radical (unpaired) electrons. The van der Waals surface area contributed by atoms with Crippen LogP contribution >= 0.6 is 0 Å². The van der Waals surface area contributed by atoms with Crippen LogP contribution in [0.4, 0.5) is 0 Å². The van der Waals surface area contributed by atoms with Gasteiger partial charge in [-0.25, -0.2) is 0 Å². The van der Waals surface area contributed by atoms with Gasteiger partial charge in [-0.05, 0) is 24.1 Å². The van der Waals surface area contributed by atoms with Crippen molar-refractivity contribution in [2.45, 2.75) is 37.3 Å². The molecule has 0 saturated carbocycles. The third kappa shape index (κ3) is 3.32. The summed E-state index contributed by atoms with van der Waals surface area (Å²) in [5, 5.41) is 39.5. The van der Waals surface area contributed by atoms with Gasteiger partial charge in [0.05, 0.1) is 12.7 Å². The van der Waals surface area contributed by atoms with E-state index in [0.29, 0.717) is 18.6 Å². The van der Waals surface area contributed by atoms with E-state index < -0.39 is 29.8 Å². The van der Waals surface area contributed by atoms with Gasteiger partial charge in [-0.3, -0.25) is 4.79 Å². The number of hydrogen-bond donors (Lipinski definition) is 4. The van der Waals surface area contributed by atoms with Gasteiger partial charge in [0.1, 0.15) is 41.7 Å². The van der Waals surface area contributed by atoms with E-state index in [-0.39, 0.29) is 11.3 Å². The molecule has 0 unspecified atom stereocenters. The Morgan fingerprint density at radius 3 is 2.28 bits per heavy atom. The van der Waals surface area contributed by atoms with Crippen LogP contribution in [0, 0.1) is 0 Å². The van der Waals surface area contributed by atoms with Crippen molar-refractivity contribution in [1.82, 2.24) is 0 Å². The van der Waals surface area contributed by atoms with E-state index in [4.69, 9.17) is 9.15 Å². The lowest BCUT2D eigenvalue weighted by molar-refractivity contribution is -0.128. The molecule has 1 aliphatic rings. The van der Waals surface area contributed by atoms with Crippen LogP contribution in [0.25, 0.3) is 0 Å². The smallest absolute Gasteiger partial charge is 0.191 e. The highest BCUT2D eigenvalue weighted by molar-refractivity contribution is 5.30. The molecular weight excluding hydrogens is 328 g/mol. The number of rotatable bonds is 4. The summed E-state index contributed by atoms with van der Waals surface area (Å²) in [6.07, 6.45) is -5.44. The molecule has 25 heavy (non-hydrogen) atoms. The average Bonchev–Trinajstić information content (AvgIpc) is 2.62. The summed E-state index contributed by atoms with van der Waals surface area (Å²) in [4.78, 5) is 12.2. The molecule has 1 aliphatic carbocycles. The molecule has 7 heteroatoms. The molecule has 4 atom stereocenters. The number of ether oxygens (including phenoxy) is 1. The lowest BCUT2D eigenvalue weighted by Gasteiger charge is -2.32. The zero-order chi connectivity index (χ0) is 18.1. The van der Waals surface area contributed by atoms with Crippen LogP contribution in [0.1, 0.15) is 34.9 Å². The van der Waals surface area contributed by atoms with Crippen LogP contribution in [0.15, 0.2) is 39.5 Å². The largest absolute Gasteiger partial charge is 0.497 e. The molecule has 0 bridgehead atoms. The number of aryl methyl sites for hydroxylation is 2. The maximum absolute atomic E-state index is 12.2. The van der Waals surface area contributed by atoms with E-state index in [1.807, 2.05) is 24.3 Å². The van der Waals surface area contributed by atoms with Crippen LogP contribution in [0.2, 0.25) is 0 Å². The first-order chi connectivity index (χ1) is 11.9. The van der Waals surface area contributed by atoms with Crippen molar-refractivity contribution in [1.29, 1.82) is 0 Å². The first-order valence-electron chi connectivity index (χ1n) is 7.94. The molecular formula is C18H20O7. The highest BCUT2D eigenvalue weighted by atomic mass is 16.5. The Bertz CT molecular complexity index is 796. The Labute approximate surface area is 143 Å². The van der Waals surface area contributed by atoms with Crippen LogP contribution in [0.5, 0.6) is 5.75 Å². The Hall–Kier alpha value is -2.19. The van der Waals surface area contributed by atoms with E-state index >= 15 is 0 Å². The molecule has 2 aromatic rings. The fraction of sp³-hybridized carbons (Fsp3) is 0.389. The van der Waals surface area contributed by atoms with Gasteiger partial charge in [0.15, 0.2) is 5.43 Å². The molecule has 1 aromatic heterocycles. The standard InChI is InChI=1S/C18H20O7/c1-24-10-5-2-9(3-6-10)4-7-11-8-12(19)13-14(20)15(21)16(22)17(23)18(13)25-11/h2-3,5-6,8,14-17,20-23H,4,7H2,1H3/t14-,15+,16+,17-/m0/s1. The van der Waals surface area contributed by atoms with E-state index in [2.05, 4.69) is 0 Å². The minimum atomic E-state index is -1.64. The second-order valence-electron chi connectivity index (χ2n) is 6.07. The van der Waals surface area contributed by atoms with Gasteiger partial charge in [0.25, 0.3) is 0 Å². The van der Waals surface area contributed by atoms with E-state index in [0.717, 1.165) is 11.3 Å². The van der Waals surface area contributed by atoms with Gasteiger partial charge < -0.3 is 29.6 Å². The summed E-state index contributed by atoms with van der Waals surface area (Å²) in [5.74, 6) is 0.880. The Morgan fingerprint density at radius 2 is 1.64 bits per heavy atom. The molecule has 0 aliphatic heterocycles. The number of methoxy groups -OCH3 is 1. The third-order valence-electron chi connectivity index (χ3n) is 4.44. The minimum Gasteiger partial charge on any atom is -0.497 e. The quantitative estimate of drug-likeness (QED) is 0.624. The summed E-state index contributed by atoms with van der Waals surface area (Å²) < 4.78 is 10.6. The Morgan fingerprint density at radius 1 is 1.00 bits per heavy atom. The predicted molar refractivity (Wildman–Crippen MR) is 87.3 cm³/mol. The molecule has 0 saturated heterocycles. The topological polar surface area (TPSA) is 120 Å². The van der Waals surface area contributed by atoms with Crippen LogP contribution < -0.4 is 10.2 Å². The lowest BCUT2D eigenvalue weighted by atomic mass is 9.87. The van der Waals surface area contributed by atoms with Crippen LogP contribution in [-0.2, 0) is 12.8 Å². The normalized spacial score (nSPS) is 25.5. The highest BCUT2D eigenvalue weighted by Crippen LogP contribution is 2.35. The van der Waals surface area contributed by atoms with Crippen molar-refractivity contribution in [3.05, 3.63) is 63.2 Å². The van der Waals surface area contributed by atoms with Crippen molar-refractivity contribution >= 4 is 0 Å². The van der Waals surface area contributed by atoms with Gasteiger partial charge in [0.2, 0.25) is 0 Å². The lowest BCUT2D eigenvalue weighted by Crippen LogP contribution is -2.44. The number of fused-ring (bicyclic) bond motifs is 1. The number of aliphatic hydroxyl groups excluding tert-OH is 4. The first-order valence-corrected chi connectivity index (χ1v) is 7.94. The number of hydrogen-bond acceptors (Lipinski definition) is 7. The van der Waals surface area contributed by atoms with Gasteiger partial charge in [-0.15, -0.1) is 0 Å². The zero-order valence-electron chi connectivity index (χ0n) is 13.6. The molecule has 0 amide bonds. The second-order valence-corrected chi connectivity index (χ2v) is 6.07. The van der Waals surface area contributed by atoms with Crippen LogP contribution in [0.3, 0.4) is 0 Å². The Kier molecular flexibility index (Phi) is 4.91. The van der Waals surface area contributed by atoms with E-state index in [1.165, 1.54) is 6.07 Å². The molecule has 0 spiro atoms. The van der Waals surface area contributed by atoms with Gasteiger partial charge in [-0.1, -0.05) is 12.1 Å². The summed E-state index contributed by atoms with van der Waals surface area (Å²) >= 11 is 0. The highest BCUT2D eigenvalue weighted by Gasteiger charge is 2.43. The van der Waals surface area contributed by atoms with Gasteiger partial charge in [0, 0.05) is 12.5 Å². The molecule has 0 fully saturated rings. The van der Waals surface area contributed by atoms with Crippen molar-refractivity contribution in [3.8, 4) is 5.75 Å². The summed E-state index contributed by atoms with van der Waals surface area (Å²) in [6.45, 7) is 0. The van der Waals surface area contributed by atoms with Crippen LogP contribution in [-0.4, -0.2) is 39.7 Å². The first kappa shape index (κ1) is 17.6. The zero-order valence-corrected chi connectivity index (χ0v) is 13.6. The molecule has 4 N–H and O–H groups in total.